The molecule has 0 aromatic heterocycles. The largest absolute Gasteiger partial charge is 0.508 e. The maximum Gasteiger partial charge on any atom is 0.122 e. The summed E-state index contributed by atoms with van der Waals surface area (Å²) in [5.41, 5.74) is 1.76. The van der Waals surface area contributed by atoms with Crippen molar-refractivity contribution in [2.45, 2.75) is 18.6 Å². The van der Waals surface area contributed by atoms with Gasteiger partial charge in [0.2, 0.25) is 0 Å². The number of nitrogens with one attached hydrogen (secondary N) is 1. The van der Waals surface area contributed by atoms with Gasteiger partial charge in [0.15, 0.2) is 0 Å². The van der Waals surface area contributed by atoms with Gasteiger partial charge in [-0.3, -0.25) is 0 Å². The lowest BCUT2D eigenvalue weighted by molar-refractivity contribution is 0.157. The first-order valence-electron chi connectivity index (χ1n) is 7.23. The summed E-state index contributed by atoms with van der Waals surface area (Å²) >= 11 is 5.93. The van der Waals surface area contributed by atoms with Crippen LogP contribution in [-0.4, -0.2) is 29.4 Å². The summed E-state index contributed by atoms with van der Waals surface area (Å²) in [6.45, 7) is 0.961. The lowest BCUT2D eigenvalue weighted by atomic mass is 10.0. The standard InChI is InChI=1S/C17H18ClNO3/c18-13-3-1-2-11(6-13)16(21)9-19-14-7-12-8-15(20)4-5-17(12)22-10-14/h1-6,8,14,16,19-21H,7,9-10H2. The van der Waals surface area contributed by atoms with Crippen molar-refractivity contribution in [1.29, 1.82) is 0 Å². The Balaban J connectivity index is 1.58. The van der Waals surface area contributed by atoms with Crippen LogP contribution in [-0.2, 0) is 6.42 Å². The zero-order valence-electron chi connectivity index (χ0n) is 12.0. The highest BCUT2D eigenvalue weighted by Gasteiger charge is 2.21. The van der Waals surface area contributed by atoms with Crippen LogP contribution in [0.3, 0.4) is 0 Å². The van der Waals surface area contributed by atoms with Gasteiger partial charge >= 0.3 is 0 Å². The number of halogens is 1. The van der Waals surface area contributed by atoms with Crippen LogP contribution in [0.15, 0.2) is 42.5 Å². The fourth-order valence-electron chi connectivity index (χ4n) is 2.62. The smallest absolute Gasteiger partial charge is 0.122 e. The van der Waals surface area contributed by atoms with Crippen molar-refractivity contribution in [2.75, 3.05) is 13.2 Å². The number of phenols is 1. The molecule has 0 bridgehead atoms. The third kappa shape index (κ3) is 3.53. The van der Waals surface area contributed by atoms with Gasteiger partial charge in [-0.15, -0.1) is 0 Å². The third-order valence-corrected chi connectivity index (χ3v) is 4.02. The highest BCUT2D eigenvalue weighted by Crippen LogP contribution is 2.28. The van der Waals surface area contributed by atoms with E-state index in [2.05, 4.69) is 5.32 Å². The average Bonchev–Trinajstić information content (AvgIpc) is 2.52. The topological polar surface area (TPSA) is 61.7 Å². The number of rotatable bonds is 4. The second-order valence-corrected chi connectivity index (χ2v) is 5.92. The molecule has 2 aromatic carbocycles. The minimum Gasteiger partial charge on any atom is -0.508 e. The molecule has 2 atom stereocenters. The molecule has 0 saturated carbocycles. The number of phenolic OH excluding ortho intramolecular Hbond substituents is 1. The van der Waals surface area contributed by atoms with Gasteiger partial charge in [-0.2, -0.15) is 0 Å². The van der Waals surface area contributed by atoms with Gasteiger partial charge < -0.3 is 20.3 Å². The van der Waals surface area contributed by atoms with Crippen molar-refractivity contribution in [1.82, 2.24) is 5.32 Å². The van der Waals surface area contributed by atoms with Crippen LogP contribution in [0.25, 0.3) is 0 Å². The molecule has 5 heteroatoms. The van der Waals surface area contributed by atoms with Crippen molar-refractivity contribution in [3.8, 4) is 11.5 Å². The first kappa shape index (κ1) is 15.2. The van der Waals surface area contributed by atoms with Gasteiger partial charge in [0.05, 0.1) is 6.10 Å². The van der Waals surface area contributed by atoms with Gasteiger partial charge in [0.1, 0.15) is 18.1 Å². The minimum atomic E-state index is -0.621. The van der Waals surface area contributed by atoms with Crippen LogP contribution in [0.4, 0.5) is 0 Å². The Morgan fingerprint density at radius 3 is 2.95 bits per heavy atom. The number of ether oxygens (including phenoxy) is 1. The molecule has 0 saturated heterocycles. The number of aliphatic hydroxyl groups is 1. The Morgan fingerprint density at radius 2 is 2.14 bits per heavy atom. The van der Waals surface area contributed by atoms with Crippen LogP contribution in [0.5, 0.6) is 11.5 Å². The molecule has 0 aliphatic carbocycles. The fraction of sp³-hybridized carbons (Fsp3) is 0.294. The Hall–Kier alpha value is -1.75. The van der Waals surface area contributed by atoms with E-state index in [0.717, 1.165) is 23.3 Å². The molecule has 3 rings (SSSR count). The van der Waals surface area contributed by atoms with E-state index in [9.17, 15) is 10.2 Å². The molecule has 0 amide bonds. The summed E-state index contributed by atoms with van der Waals surface area (Å²) in [5.74, 6) is 1.05. The van der Waals surface area contributed by atoms with E-state index in [1.807, 2.05) is 12.1 Å². The molecule has 116 valence electrons. The zero-order chi connectivity index (χ0) is 15.5. The summed E-state index contributed by atoms with van der Waals surface area (Å²) in [7, 11) is 0. The SMILES string of the molecule is Oc1ccc2c(c1)CC(NCC(O)c1cccc(Cl)c1)CO2. The first-order valence-corrected chi connectivity index (χ1v) is 7.61. The van der Waals surface area contributed by atoms with Crippen molar-refractivity contribution < 1.29 is 14.9 Å². The molecule has 2 aromatic rings. The van der Waals surface area contributed by atoms with Crippen LogP contribution < -0.4 is 10.1 Å². The predicted octanol–water partition coefficient (Wildman–Crippen LogP) is 2.67. The second kappa shape index (κ2) is 6.57. The highest BCUT2D eigenvalue weighted by molar-refractivity contribution is 6.30. The quantitative estimate of drug-likeness (QED) is 0.811. The van der Waals surface area contributed by atoms with Crippen LogP contribution in [0.2, 0.25) is 5.02 Å². The van der Waals surface area contributed by atoms with E-state index in [1.165, 1.54) is 0 Å². The van der Waals surface area contributed by atoms with E-state index in [4.69, 9.17) is 16.3 Å². The molecular weight excluding hydrogens is 302 g/mol. The first-order chi connectivity index (χ1) is 10.6. The Labute approximate surface area is 134 Å². The van der Waals surface area contributed by atoms with Crippen molar-refractivity contribution in [3.05, 3.63) is 58.6 Å². The highest BCUT2D eigenvalue weighted by atomic mass is 35.5. The van der Waals surface area contributed by atoms with E-state index in [0.29, 0.717) is 18.2 Å². The molecule has 2 unspecified atom stereocenters. The molecule has 1 aliphatic heterocycles. The number of aromatic hydroxyl groups is 1. The molecule has 0 spiro atoms. The van der Waals surface area contributed by atoms with E-state index in [1.54, 1.807) is 30.3 Å². The van der Waals surface area contributed by atoms with Crippen molar-refractivity contribution in [3.63, 3.8) is 0 Å². The molecule has 4 nitrogen and oxygen atoms in total. The Kier molecular flexibility index (Phi) is 4.52. The number of benzene rings is 2. The fourth-order valence-corrected chi connectivity index (χ4v) is 2.82. The molecule has 1 heterocycles. The van der Waals surface area contributed by atoms with Crippen LogP contribution >= 0.6 is 11.6 Å². The lowest BCUT2D eigenvalue weighted by Crippen LogP contribution is -2.41. The molecule has 1 aliphatic rings. The lowest BCUT2D eigenvalue weighted by Gasteiger charge is -2.27. The van der Waals surface area contributed by atoms with Crippen LogP contribution in [0, 0.1) is 0 Å². The maximum absolute atomic E-state index is 10.2. The van der Waals surface area contributed by atoms with E-state index in [-0.39, 0.29) is 11.8 Å². The van der Waals surface area contributed by atoms with Crippen molar-refractivity contribution in [2.24, 2.45) is 0 Å². The van der Waals surface area contributed by atoms with E-state index < -0.39 is 6.10 Å². The number of hydrogen-bond acceptors (Lipinski definition) is 4. The average molecular weight is 320 g/mol. The molecule has 0 fully saturated rings. The minimum absolute atomic E-state index is 0.100. The summed E-state index contributed by atoms with van der Waals surface area (Å²) in [6.07, 6.45) is 0.135. The van der Waals surface area contributed by atoms with Gasteiger partial charge in [0, 0.05) is 17.6 Å². The number of hydrogen-bond donors (Lipinski definition) is 3. The predicted molar refractivity (Wildman–Crippen MR) is 85.5 cm³/mol. The zero-order valence-corrected chi connectivity index (χ0v) is 12.8. The third-order valence-electron chi connectivity index (χ3n) is 3.78. The van der Waals surface area contributed by atoms with Gasteiger partial charge in [-0.05, 0) is 47.9 Å². The summed E-state index contributed by atoms with van der Waals surface area (Å²) < 4.78 is 5.67. The molecule has 3 N–H and O–H groups in total. The normalized spacial score (nSPS) is 18.4. The summed E-state index contributed by atoms with van der Waals surface area (Å²) in [6, 6.07) is 12.4. The molecular formula is C17H18ClNO3. The Bertz CT molecular complexity index is 662. The van der Waals surface area contributed by atoms with Gasteiger partial charge in [0.25, 0.3) is 0 Å². The Morgan fingerprint density at radius 1 is 1.27 bits per heavy atom. The summed E-state index contributed by atoms with van der Waals surface area (Å²) in [4.78, 5) is 0. The number of aliphatic hydroxyl groups excluding tert-OH is 1. The number of fused-ring (bicyclic) bond motifs is 1. The summed E-state index contributed by atoms with van der Waals surface area (Å²) in [5, 5.41) is 23.7. The van der Waals surface area contributed by atoms with Crippen molar-refractivity contribution >= 4 is 11.6 Å². The molecule has 0 radical (unpaired) electrons. The van der Waals surface area contributed by atoms with Gasteiger partial charge in [-0.25, -0.2) is 0 Å². The maximum atomic E-state index is 10.2. The van der Waals surface area contributed by atoms with Gasteiger partial charge in [-0.1, -0.05) is 23.7 Å². The second-order valence-electron chi connectivity index (χ2n) is 5.48. The van der Waals surface area contributed by atoms with Crippen LogP contribution in [0.1, 0.15) is 17.2 Å². The monoisotopic (exact) mass is 319 g/mol. The van der Waals surface area contributed by atoms with E-state index >= 15 is 0 Å². The molecule has 22 heavy (non-hydrogen) atoms.